The van der Waals surface area contributed by atoms with Gasteiger partial charge in [-0.2, -0.15) is 0 Å². The molecule has 0 fully saturated rings. The average Bonchev–Trinajstić information content (AvgIpc) is 2.41. The molecule has 0 aliphatic carbocycles. The van der Waals surface area contributed by atoms with Crippen LogP contribution in [0.5, 0.6) is 0 Å². The van der Waals surface area contributed by atoms with Gasteiger partial charge in [-0.25, -0.2) is 17.5 Å². The molecule has 0 saturated heterocycles. The third kappa shape index (κ3) is 4.37. The van der Waals surface area contributed by atoms with E-state index in [-0.39, 0.29) is 11.6 Å². The van der Waals surface area contributed by atoms with Gasteiger partial charge in [0.25, 0.3) is 0 Å². The van der Waals surface area contributed by atoms with Crippen molar-refractivity contribution in [2.45, 2.75) is 25.1 Å². The Morgan fingerprint density at radius 1 is 1.00 bits per heavy atom. The van der Waals surface area contributed by atoms with E-state index >= 15 is 0 Å². The Morgan fingerprint density at radius 2 is 1.57 bits per heavy atom. The van der Waals surface area contributed by atoms with Gasteiger partial charge in [0, 0.05) is 0 Å². The Labute approximate surface area is 124 Å². The van der Waals surface area contributed by atoms with Crippen LogP contribution in [0.2, 0.25) is 0 Å². The van der Waals surface area contributed by atoms with Crippen LogP contribution in [-0.2, 0) is 21.3 Å². The molecule has 0 amide bonds. The minimum atomic E-state index is -3.53. The largest absolute Gasteiger partial charge is 0.216 e. The zero-order valence-electron chi connectivity index (χ0n) is 12.0. The summed E-state index contributed by atoms with van der Waals surface area (Å²) >= 11 is 0. The lowest BCUT2D eigenvalue weighted by atomic mass is 9.96. The maximum atomic E-state index is 12.8. The quantitative estimate of drug-likeness (QED) is 0.922. The van der Waals surface area contributed by atoms with Gasteiger partial charge in [-0.3, -0.25) is 0 Å². The summed E-state index contributed by atoms with van der Waals surface area (Å²) in [6, 6.07) is 14.8. The van der Waals surface area contributed by atoms with Crippen molar-refractivity contribution in [3.8, 4) is 0 Å². The van der Waals surface area contributed by atoms with Crippen LogP contribution in [0.25, 0.3) is 0 Å². The fraction of sp³-hybridized carbons (Fsp3) is 0.250. The Bertz CT molecular complexity index is 695. The molecule has 5 heteroatoms. The normalized spacial score (nSPS) is 12.3. The van der Waals surface area contributed by atoms with E-state index in [2.05, 4.69) is 4.72 Å². The second-order valence-corrected chi connectivity index (χ2v) is 7.20. The molecule has 112 valence electrons. The van der Waals surface area contributed by atoms with Gasteiger partial charge >= 0.3 is 0 Å². The van der Waals surface area contributed by atoms with Crippen molar-refractivity contribution in [2.75, 3.05) is 0 Å². The molecule has 2 aromatic carbocycles. The van der Waals surface area contributed by atoms with E-state index in [1.54, 1.807) is 0 Å². The summed E-state index contributed by atoms with van der Waals surface area (Å²) in [5.41, 5.74) is 0.723. The lowest BCUT2D eigenvalue weighted by Crippen LogP contribution is -2.41. The molecule has 3 nitrogen and oxygen atoms in total. The fourth-order valence-corrected chi connectivity index (χ4v) is 3.74. The van der Waals surface area contributed by atoms with E-state index in [1.165, 1.54) is 24.3 Å². The standard InChI is InChI=1S/C16H18FNO2S/c1-16(2,14-6-4-3-5-7-14)18-21(19,20)12-13-8-10-15(17)11-9-13/h3-11,18H,12H2,1-2H3. The molecule has 0 aliphatic rings. The third-order valence-electron chi connectivity index (χ3n) is 3.18. The molecule has 0 spiro atoms. The van der Waals surface area contributed by atoms with Gasteiger partial charge in [0.2, 0.25) is 10.0 Å². The Hall–Kier alpha value is -1.72. The van der Waals surface area contributed by atoms with Crippen molar-refractivity contribution >= 4 is 10.0 Å². The first-order valence-corrected chi connectivity index (χ1v) is 8.25. The average molecular weight is 307 g/mol. The van der Waals surface area contributed by atoms with Crippen molar-refractivity contribution in [3.05, 3.63) is 71.5 Å². The zero-order chi connectivity index (χ0) is 15.5. The summed E-state index contributed by atoms with van der Waals surface area (Å²) in [6.07, 6.45) is 0. The predicted octanol–water partition coefficient (Wildman–Crippen LogP) is 3.18. The first-order chi connectivity index (χ1) is 9.78. The van der Waals surface area contributed by atoms with Crippen LogP contribution in [0.1, 0.15) is 25.0 Å². The Kier molecular flexibility index (Phi) is 4.44. The van der Waals surface area contributed by atoms with E-state index in [9.17, 15) is 12.8 Å². The molecule has 2 aromatic rings. The Balaban J connectivity index is 2.15. The maximum Gasteiger partial charge on any atom is 0.216 e. The molecule has 0 radical (unpaired) electrons. The molecule has 0 bridgehead atoms. The van der Waals surface area contributed by atoms with Crippen LogP contribution in [0.4, 0.5) is 4.39 Å². The predicted molar refractivity (Wildman–Crippen MR) is 81.6 cm³/mol. The van der Waals surface area contributed by atoms with Gasteiger partial charge in [-0.1, -0.05) is 42.5 Å². The molecule has 1 N–H and O–H groups in total. The second kappa shape index (κ2) is 5.95. The molecule has 0 aliphatic heterocycles. The molecule has 21 heavy (non-hydrogen) atoms. The Morgan fingerprint density at radius 3 is 2.14 bits per heavy atom. The molecular weight excluding hydrogens is 289 g/mol. The third-order valence-corrected chi connectivity index (χ3v) is 4.71. The lowest BCUT2D eigenvalue weighted by molar-refractivity contribution is 0.471. The highest BCUT2D eigenvalue weighted by Gasteiger charge is 2.26. The number of sulfonamides is 1. The number of hydrogen-bond acceptors (Lipinski definition) is 2. The second-order valence-electron chi connectivity index (χ2n) is 5.48. The summed E-state index contributed by atoms with van der Waals surface area (Å²) in [7, 11) is -3.53. The molecule has 2 rings (SSSR count). The van der Waals surface area contributed by atoms with E-state index in [4.69, 9.17) is 0 Å². The molecule has 0 saturated carbocycles. The van der Waals surface area contributed by atoms with Crippen molar-refractivity contribution in [1.29, 1.82) is 0 Å². The van der Waals surface area contributed by atoms with E-state index in [1.807, 2.05) is 44.2 Å². The van der Waals surface area contributed by atoms with Crippen LogP contribution in [0.3, 0.4) is 0 Å². The van der Waals surface area contributed by atoms with Crippen molar-refractivity contribution in [3.63, 3.8) is 0 Å². The van der Waals surface area contributed by atoms with Crippen LogP contribution < -0.4 is 4.72 Å². The minimum absolute atomic E-state index is 0.177. The maximum absolute atomic E-state index is 12.8. The van der Waals surface area contributed by atoms with Gasteiger partial charge in [-0.15, -0.1) is 0 Å². The summed E-state index contributed by atoms with van der Waals surface area (Å²) in [5, 5.41) is 0. The minimum Gasteiger partial charge on any atom is -0.212 e. The zero-order valence-corrected chi connectivity index (χ0v) is 12.8. The van der Waals surface area contributed by atoms with Crippen LogP contribution in [0.15, 0.2) is 54.6 Å². The molecule has 0 heterocycles. The van der Waals surface area contributed by atoms with Gasteiger partial charge in [0.1, 0.15) is 5.82 Å². The van der Waals surface area contributed by atoms with Crippen molar-refractivity contribution in [2.24, 2.45) is 0 Å². The topological polar surface area (TPSA) is 46.2 Å². The van der Waals surface area contributed by atoms with E-state index < -0.39 is 15.6 Å². The van der Waals surface area contributed by atoms with Crippen molar-refractivity contribution < 1.29 is 12.8 Å². The number of rotatable bonds is 5. The SMILES string of the molecule is CC(C)(NS(=O)(=O)Cc1ccc(F)cc1)c1ccccc1. The van der Waals surface area contributed by atoms with Crippen LogP contribution in [0, 0.1) is 5.82 Å². The lowest BCUT2D eigenvalue weighted by Gasteiger charge is -2.26. The van der Waals surface area contributed by atoms with Gasteiger partial charge in [0.15, 0.2) is 0 Å². The molecule has 0 aromatic heterocycles. The van der Waals surface area contributed by atoms with Crippen molar-refractivity contribution in [1.82, 2.24) is 4.72 Å². The van der Waals surface area contributed by atoms with Gasteiger partial charge < -0.3 is 0 Å². The van der Waals surface area contributed by atoms with Crippen LogP contribution >= 0.6 is 0 Å². The summed E-state index contributed by atoms with van der Waals surface area (Å²) in [6.45, 7) is 3.62. The van der Waals surface area contributed by atoms with Gasteiger partial charge in [-0.05, 0) is 37.1 Å². The summed E-state index contributed by atoms with van der Waals surface area (Å²) in [4.78, 5) is 0. The first-order valence-electron chi connectivity index (χ1n) is 6.60. The highest BCUT2D eigenvalue weighted by molar-refractivity contribution is 7.88. The van der Waals surface area contributed by atoms with Crippen LogP contribution in [-0.4, -0.2) is 8.42 Å². The first kappa shape index (κ1) is 15.7. The number of halogens is 1. The van der Waals surface area contributed by atoms with E-state index in [0.29, 0.717) is 5.56 Å². The monoisotopic (exact) mass is 307 g/mol. The number of nitrogens with one attached hydrogen (secondary N) is 1. The molecule has 0 atom stereocenters. The molecular formula is C16H18FNO2S. The van der Waals surface area contributed by atoms with Gasteiger partial charge in [0.05, 0.1) is 11.3 Å². The smallest absolute Gasteiger partial charge is 0.212 e. The highest BCUT2D eigenvalue weighted by Crippen LogP contribution is 2.21. The summed E-state index contributed by atoms with van der Waals surface area (Å²) in [5.74, 6) is -0.558. The fourth-order valence-electron chi connectivity index (χ4n) is 2.14. The summed E-state index contributed by atoms with van der Waals surface area (Å²) < 4.78 is 40.1. The molecule has 0 unspecified atom stereocenters. The van der Waals surface area contributed by atoms with E-state index in [0.717, 1.165) is 5.56 Å². The number of hydrogen-bond donors (Lipinski definition) is 1. The number of benzene rings is 2. The highest BCUT2D eigenvalue weighted by atomic mass is 32.2.